The highest BCUT2D eigenvalue weighted by molar-refractivity contribution is 6.22. The van der Waals surface area contributed by atoms with Crippen LogP contribution < -0.4 is 14.2 Å². The Kier molecular flexibility index (Phi) is 11.6. The van der Waals surface area contributed by atoms with Gasteiger partial charge in [-0.3, -0.25) is 13.7 Å². The lowest BCUT2D eigenvalue weighted by molar-refractivity contribution is -0.129. The SMILES string of the molecule is C=CC(=O)Oc1ccc(-n2c(-c3ccc(C#N)cc3)nc3c2c2nc(-c4ccc(C#N)cc4)n(-c4ccc(OC(=O)C=C)cc4)c2c2nc(-c4ccc(C#N)cc4)n(-c4ccc(OC(=O)C=C)cc4)c32)cc1. The summed E-state index contributed by atoms with van der Waals surface area (Å²) < 4.78 is 22.2. The van der Waals surface area contributed by atoms with Crippen molar-refractivity contribution in [2.45, 2.75) is 0 Å². The van der Waals surface area contributed by atoms with E-state index in [0.29, 0.717) is 101 Å². The zero-order chi connectivity index (χ0) is 50.0. The van der Waals surface area contributed by atoms with Crippen molar-refractivity contribution < 1.29 is 28.6 Å². The maximum atomic E-state index is 12.3. The molecule has 0 radical (unpaired) electrons. The number of benzene rings is 7. The fraction of sp³-hybridized carbons (Fsp3) is 0. The number of ether oxygens (including phenoxy) is 3. The number of nitriles is 3. The van der Waals surface area contributed by atoms with Crippen LogP contribution in [0, 0.1) is 34.0 Å². The smallest absolute Gasteiger partial charge is 0.335 e. The Hall–Kier alpha value is -11.0. The van der Waals surface area contributed by atoms with Crippen molar-refractivity contribution in [3.8, 4) is 86.7 Å². The molecule has 0 N–H and O–H groups in total. The number of rotatable bonds is 12. The number of esters is 3. The number of hydrogen-bond acceptors (Lipinski definition) is 12. The summed E-state index contributed by atoms with van der Waals surface area (Å²) in [4.78, 5) is 53.3. The van der Waals surface area contributed by atoms with E-state index in [1.807, 2.05) is 13.7 Å². The van der Waals surface area contributed by atoms with Crippen molar-refractivity contribution in [1.29, 1.82) is 15.8 Å². The zero-order valence-corrected chi connectivity index (χ0v) is 37.7. The molecular formula is C57H33N9O6. The molecule has 0 atom stereocenters. The number of aromatic nitrogens is 6. The summed E-state index contributed by atoms with van der Waals surface area (Å²) in [6, 6.07) is 48.1. The molecule has 3 heterocycles. The van der Waals surface area contributed by atoms with E-state index in [2.05, 4.69) is 37.9 Å². The van der Waals surface area contributed by atoms with Crippen LogP contribution in [-0.4, -0.2) is 46.6 Å². The van der Waals surface area contributed by atoms with Crippen molar-refractivity contribution in [2.24, 2.45) is 0 Å². The number of fused-ring (bicyclic) bond motifs is 6. The molecule has 0 fully saturated rings. The standard InChI is InChI=1S/C57H33N9O6/c1-4-46(67)70-43-25-19-40(20-26-43)64-52-49(61-55(64)37-13-7-34(31-58)8-14-37)53-51(63-57(39-17-11-36(33-60)12-18-39)65(53)41-21-27-44(28-22-41)71-47(68)5-2)54-50(52)62-56(38-15-9-35(32-59)10-16-38)66(54)42-23-29-45(30-24-42)72-48(69)6-3/h4-30H,1-3H2. The van der Waals surface area contributed by atoms with E-state index in [4.69, 9.17) is 29.2 Å². The summed E-state index contributed by atoms with van der Waals surface area (Å²) in [6.45, 7) is 10.6. The van der Waals surface area contributed by atoms with Gasteiger partial charge in [-0.15, -0.1) is 0 Å². The first kappa shape index (κ1) is 44.9. The first-order valence-electron chi connectivity index (χ1n) is 21.9. The molecule has 0 saturated heterocycles. The maximum absolute atomic E-state index is 12.3. The molecule has 10 rings (SSSR count). The minimum atomic E-state index is -0.635. The molecule has 72 heavy (non-hydrogen) atoms. The first-order valence-corrected chi connectivity index (χ1v) is 21.9. The lowest BCUT2D eigenvalue weighted by Gasteiger charge is -2.13. The van der Waals surface area contributed by atoms with Gasteiger partial charge < -0.3 is 14.2 Å². The summed E-state index contributed by atoms with van der Waals surface area (Å²) in [6.07, 6.45) is 3.21. The fourth-order valence-electron chi connectivity index (χ4n) is 8.29. The third-order valence-corrected chi connectivity index (χ3v) is 11.6. The quantitative estimate of drug-likeness (QED) is 0.0638. The van der Waals surface area contributed by atoms with Crippen LogP contribution in [-0.2, 0) is 14.4 Å². The van der Waals surface area contributed by atoms with Gasteiger partial charge >= 0.3 is 17.9 Å². The van der Waals surface area contributed by atoms with Crippen molar-refractivity contribution in [3.63, 3.8) is 0 Å². The molecule has 0 aliphatic heterocycles. The highest BCUT2D eigenvalue weighted by atomic mass is 16.5. The predicted molar refractivity (Wildman–Crippen MR) is 268 cm³/mol. The monoisotopic (exact) mass is 939 g/mol. The van der Waals surface area contributed by atoms with Gasteiger partial charge in [-0.1, -0.05) is 19.7 Å². The van der Waals surface area contributed by atoms with E-state index in [9.17, 15) is 30.2 Å². The highest BCUT2D eigenvalue weighted by Gasteiger charge is 2.31. The molecule has 0 unspecified atom stereocenters. The number of imidazole rings is 3. The van der Waals surface area contributed by atoms with Crippen LogP contribution in [0.4, 0.5) is 0 Å². The Balaban J connectivity index is 1.41. The second kappa shape index (κ2) is 18.6. The van der Waals surface area contributed by atoms with Gasteiger partial charge in [-0.05, 0) is 146 Å². The Morgan fingerprint density at radius 3 is 0.833 bits per heavy atom. The van der Waals surface area contributed by atoms with E-state index in [1.54, 1.807) is 146 Å². The van der Waals surface area contributed by atoms with Crippen LogP contribution in [0.2, 0.25) is 0 Å². The zero-order valence-electron chi connectivity index (χ0n) is 37.7. The Labute approximate surface area is 409 Å². The summed E-state index contributed by atoms with van der Waals surface area (Å²) in [5.74, 6) is 0.231. The number of nitrogens with zero attached hydrogens (tertiary/aromatic N) is 9. The van der Waals surface area contributed by atoms with Gasteiger partial charge in [0.05, 0.1) is 34.9 Å². The molecule has 3 aromatic heterocycles. The molecular weight excluding hydrogens is 907 g/mol. The topological polar surface area (TPSA) is 204 Å². The van der Waals surface area contributed by atoms with E-state index < -0.39 is 17.9 Å². The normalized spacial score (nSPS) is 10.8. The molecule has 15 heteroatoms. The summed E-state index contributed by atoms with van der Waals surface area (Å²) in [5.41, 5.74) is 7.84. The van der Waals surface area contributed by atoms with Crippen LogP contribution >= 0.6 is 0 Å². The highest BCUT2D eigenvalue weighted by Crippen LogP contribution is 2.44. The molecule has 10 aromatic rings. The molecule has 0 aliphatic rings. The van der Waals surface area contributed by atoms with Gasteiger partial charge in [-0.25, -0.2) is 29.3 Å². The largest absolute Gasteiger partial charge is 0.423 e. The minimum Gasteiger partial charge on any atom is -0.423 e. The van der Waals surface area contributed by atoms with E-state index in [1.165, 1.54) is 0 Å². The third kappa shape index (κ3) is 8.07. The van der Waals surface area contributed by atoms with Crippen LogP contribution in [0.15, 0.2) is 184 Å². The second-order valence-corrected chi connectivity index (χ2v) is 15.8. The van der Waals surface area contributed by atoms with E-state index in [-0.39, 0.29) is 17.2 Å². The third-order valence-electron chi connectivity index (χ3n) is 11.6. The molecule has 0 spiro atoms. The average Bonchev–Trinajstić information content (AvgIpc) is 4.14. The van der Waals surface area contributed by atoms with Crippen molar-refractivity contribution in [3.05, 3.63) is 200 Å². The second-order valence-electron chi connectivity index (χ2n) is 15.8. The molecule has 15 nitrogen and oxygen atoms in total. The molecule has 7 aromatic carbocycles. The predicted octanol–water partition coefficient (Wildman–Crippen LogP) is 10.6. The van der Waals surface area contributed by atoms with Crippen LogP contribution in [0.3, 0.4) is 0 Å². The van der Waals surface area contributed by atoms with Gasteiger partial charge in [0.25, 0.3) is 0 Å². The van der Waals surface area contributed by atoms with E-state index >= 15 is 0 Å². The Bertz CT molecular complexity index is 3550. The van der Waals surface area contributed by atoms with Gasteiger partial charge in [0.15, 0.2) is 0 Å². The molecule has 0 bridgehead atoms. The van der Waals surface area contributed by atoms with Crippen LogP contribution in [0.5, 0.6) is 17.2 Å². The summed E-state index contributed by atoms with van der Waals surface area (Å²) >= 11 is 0. The van der Waals surface area contributed by atoms with Gasteiger partial charge in [0, 0.05) is 52.0 Å². The van der Waals surface area contributed by atoms with Crippen LogP contribution in [0.1, 0.15) is 16.7 Å². The first-order chi connectivity index (χ1) is 35.1. The van der Waals surface area contributed by atoms with Crippen LogP contribution in [0.25, 0.3) is 84.3 Å². The van der Waals surface area contributed by atoms with Gasteiger partial charge in [0.1, 0.15) is 67.8 Å². The Morgan fingerprint density at radius 1 is 0.389 bits per heavy atom. The molecule has 0 amide bonds. The molecule has 342 valence electrons. The summed E-state index contributed by atoms with van der Waals surface area (Å²) in [7, 11) is 0. The number of carbonyl (C=O) groups excluding carboxylic acids is 3. The fourth-order valence-corrected chi connectivity index (χ4v) is 8.29. The van der Waals surface area contributed by atoms with Gasteiger partial charge in [0.2, 0.25) is 0 Å². The minimum absolute atomic E-state index is 0.266. The number of hydrogen-bond donors (Lipinski definition) is 0. The van der Waals surface area contributed by atoms with Crippen molar-refractivity contribution in [1.82, 2.24) is 28.7 Å². The lowest BCUT2D eigenvalue weighted by atomic mass is 10.1. The summed E-state index contributed by atoms with van der Waals surface area (Å²) in [5, 5.41) is 29.5. The van der Waals surface area contributed by atoms with Crippen molar-refractivity contribution in [2.75, 3.05) is 0 Å². The molecule has 0 aliphatic carbocycles. The average molecular weight is 940 g/mol. The maximum Gasteiger partial charge on any atom is 0.335 e. The van der Waals surface area contributed by atoms with Crippen molar-refractivity contribution >= 4 is 51.0 Å². The van der Waals surface area contributed by atoms with E-state index in [0.717, 1.165) is 18.2 Å². The Morgan fingerprint density at radius 2 is 0.625 bits per heavy atom. The van der Waals surface area contributed by atoms with Gasteiger partial charge in [-0.2, -0.15) is 15.8 Å². The lowest BCUT2D eigenvalue weighted by Crippen LogP contribution is -2.04. The number of carbonyl (C=O) groups is 3. The molecule has 0 saturated carbocycles.